The van der Waals surface area contributed by atoms with Crippen molar-refractivity contribution in [3.8, 4) is 0 Å². The van der Waals surface area contributed by atoms with Gasteiger partial charge >= 0.3 is 0 Å². The summed E-state index contributed by atoms with van der Waals surface area (Å²) in [4.78, 5) is 3.47. The molecule has 0 heterocycles. The fraction of sp³-hybridized carbons (Fsp3) is 0.375. The SMILES string of the molecule is C=C/C(O)=C(/C)N=C.CC. The number of aliphatic hydroxyl groups is 1. The van der Waals surface area contributed by atoms with Gasteiger partial charge in [-0.15, -0.1) is 0 Å². The predicted molar refractivity (Wildman–Crippen MR) is 46.4 cm³/mol. The summed E-state index contributed by atoms with van der Waals surface area (Å²) in [6.45, 7) is 12.2. The third kappa shape index (κ3) is 5.09. The molecular weight excluding hydrogens is 126 g/mol. The maximum absolute atomic E-state index is 8.75. The summed E-state index contributed by atoms with van der Waals surface area (Å²) < 4.78 is 0. The van der Waals surface area contributed by atoms with Crippen molar-refractivity contribution >= 4 is 6.72 Å². The van der Waals surface area contributed by atoms with Crippen molar-refractivity contribution < 1.29 is 5.11 Å². The van der Waals surface area contributed by atoms with Crippen molar-refractivity contribution in [2.75, 3.05) is 0 Å². The second kappa shape index (κ2) is 7.95. The number of aliphatic imine (C=N–C) groups is 1. The molecule has 0 fully saturated rings. The highest BCUT2D eigenvalue weighted by atomic mass is 16.3. The second-order valence-corrected chi connectivity index (χ2v) is 1.33. The largest absolute Gasteiger partial charge is 0.506 e. The number of hydrogen-bond acceptors (Lipinski definition) is 2. The number of rotatable bonds is 2. The molecule has 58 valence electrons. The van der Waals surface area contributed by atoms with Gasteiger partial charge in [-0.25, -0.2) is 0 Å². The van der Waals surface area contributed by atoms with Crippen molar-refractivity contribution in [2.24, 2.45) is 4.99 Å². The van der Waals surface area contributed by atoms with Gasteiger partial charge in [0.15, 0.2) is 0 Å². The lowest BCUT2D eigenvalue weighted by atomic mass is 10.4. The quantitative estimate of drug-likeness (QED) is 0.358. The Bertz CT molecular complexity index is 120. The van der Waals surface area contributed by atoms with Crippen molar-refractivity contribution in [1.29, 1.82) is 0 Å². The Hall–Kier alpha value is -1.05. The van der Waals surface area contributed by atoms with Crippen molar-refractivity contribution in [2.45, 2.75) is 20.8 Å². The van der Waals surface area contributed by atoms with Gasteiger partial charge < -0.3 is 5.11 Å². The van der Waals surface area contributed by atoms with Gasteiger partial charge in [0.25, 0.3) is 0 Å². The maximum atomic E-state index is 8.75. The fourth-order valence-corrected chi connectivity index (χ4v) is 0.229. The minimum absolute atomic E-state index is 0.0833. The Labute approximate surface area is 62.6 Å². The lowest BCUT2D eigenvalue weighted by Gasteiger charge is -1.90. The number of hydrogen-bond donors (Lipinski definition) is 1. The summed E-state index contributed by atoms with van der Waals surface area (Å²) in [6, 6.07) is 0. The molecule has 0 aromatic heterocycles. The van der Waals surface area contributed by atoms with Crippen LogP contribution >= 0.6 is 0 Å². The standard InChI is InChI=1S/C6H9NO.C2H6/c1-4-6(8)5(2)7-3;1-2/h4,8H,1,3H2,2H3;1-2H3/b6-5+;. The molecule has 0 aliphatic rings. The van der Waals surface area contributed by atoms with Crippen LogP contribution in [-0.4, -0.2) is 11.8 Å². The van der Waals surface area contributed by atoms with E-state index in [4.69, 9.17) is 5.11 Å². The highest BCUT2D eigenvalue weighted by Crippen LogP contribution is 1.99. The summed E-state index contributed by atoms with van der Waals surface area (Å²) in [6.07, 6.45) is 1.32. The van der Waals surface area contributed by atoms with Crippen LogP contribution in [0.25, 0.3) is 0 Å². The van der Waals surface area contributed by atoms with E-state index in [0.29, 0.717) is 5.70 Å². The van der Waals surface area contributed by atoms with Gasteiger partial charge in [-0.05, 0) is 19.7 Å². The Kier molecular flexibility index (Phi) is 9.31. The van der Waals surface area contributed by atoms with E-state index in [2.05, 4.69) is 18.3 Å². The molecular formula is C8H15NO. The average Bonchev–Trinajstić information content (AvgIpc) is 2.05. The average molecular weight is 141 g/mol. The Balaban J connectivity index is 0. The third-order valence-corrected chi connectivity index (χ3v) is 0.801. The minimum atomic E-state index is 0.0833. The van der Waals surface area contributed by atoms with Gasteiger partial charge in [0, 0.05) is 0 Å². The molecule has 0 saturated carbocycles. The Morgan fingerprint density at radius 1 is 1.50 bits per heavy atom. The Morgan fingerprint density at radius 3 is 2.00 bits per heavy atom. The van der Waals surface area contributed by atoms with E-state index >= 15 is 0 Å². The van der Waals surface area contributed by atoms with Crippen LogP contribution in [0, 0.1) is 0 Å². The van der Waals surface area contributed by atoms with E-state index in [1.807, 2.05) is 13.8 Å². The van der Waals surface area contributed by atoms with Gasteiger partial charge in [0.1, 0.15) is 5.76 Å². The monoisotopic (exact) mass is 141 g/mol. The molecule has 0 unspecified atom stereocenters. The van der Waals surface area contributed by atoms with E-state index in [9.17, 15) is 0 Å². The maximum Gasteiger partial charge on any atom is 0.136 e. The molecule has 0 atom stereocenters. The zero-order valence-electron chi connectivity index (χ0n) is 6.89. The van der Waals surface area contributed by atoms with Crippen molar-refractivity contribution in [1.82, 2.24) is 0 Å². The molecule has 0 rings (SSSR count). The molecule has 10 heavy (non-hydrogen) atoms. The number of nitrogens with zero attached hydrogens (tertiary/aromatic N) is 1. The summed E-state index contributed by atoms with van der Waals surface area (Å²) in [5, 5.41) is 8.75. The highest BCUT2D eigenvalue weighted by Gasteiger charge is 1.87. The molecule has 1 N–H and O–H groups in total. The van der Waals surface area contributed by atoms with Crippen LogP contribution in [0.3, 0.4) is 0 Å². The van der Waals surface area contributed by atoms with Crippen LogP contribution in [0.1, 0.15) is 20.8 Å². The Morgan fingerprint density at radius 2 is 1.90 bits per heavy atom. The summed E-state index contributed by atoms with van der Waals surface area (Å²) in [5.74, 6) is 0.0833. The molecule has 0 spiro atoms. The molecule has 0 aromatic rings. The van der Waals surface area contributed by atoms with E-state index in [1.54, 1.807) is 6.92 Å². The minimum Gasteiger partial charge on any atom is -0.506 e. The first kappa shape index (κ1) is 11.7. The lowest BCUT2D eigenvalue weighted by molar-refractivity contribution is 0.425. The first-order chi connectivity index (χ1) is 4.72. The van der Waals surface area contributed by atoms with Gasteiger partial charge in [0.2, 0.25) is 0 Å². The van der Waals surface area contributed by atoms with Crippen molar-refractivity contribution in [3.05, 3.63) is 24.1 Å². The van der Waals surface area contributed by atoms with Crippen LogP contribution in [0.5, 0.6) is 0 Å². The molecule has 0 aromatic carbocycles. The fourth-order valence-electron chi connectivity index (χ4n) is 0.229. The van der Waals surface area contributed by atoms with Gasteiger partial charge in [-0.2, -0.15) is 0 Å². The molecule has 0 radical (unpaired) electrons. The smallest absolute Gasteiger partial charge is 0.136 e. The normalized spacial score (nSPS) is 10.3. The van der Waals surface area contributed by atoms with Gasteiger partial charge in [-0.3, -0.25) is 4.99 Å². The van der Waals surface area contributed by atoms with Gasteiger partial charge in [0.05, 0.1) is 5.70 Å². The van der Waals surface area contributed by atoms with Crippen molar-refractivity contribution in [3.63, 3.8) is 0 Å². The molecule has 0 amide bonds. The van der Waals surface area contributed by atoms with Crippen LogP contribution in [0.4, 0.5) is 0 Å². The topological polar surface area (TPSA) is 32.6 Å². The third-order valence-electron chi connectivity index (χ3n) is 0.801. The summed E-state index contributed by atoms with van der Waals surface area (Å²) in [7, 11) is 0. The summed E-state index contributed by atoms with van der Waals surface area (Å²) >= 11 is 0. The highest BCUT2D eigenvalue weighted by molar-refractivity contribution is 5.30. The molecule has 0 aliphatic heterocycles. The first-order valence-corrected chi connectivity index (χ1v) is 3.21. The lowest BCUT2D eigenvalue weighted by Crippen LogP contribution is -1.77. The van der Waals surface area contributed by atoms with Crippen LogP contribution in [0.2, 0.25) is 0 Å². The molecule has 0 saturated heterocycles. The van der Waals surface area contributed by atoms with E-state index < -0.39 is 0 Å². The molecule has 2 nitrogen and oxygen atoms in total. The number of allylic oxidation sites excluding steroid dienone is 2. The zero-order valence-corrected chi connectivity index (χ0v) is 6.89. The molecule has 0 aliphatic carbocycles. The van der Waals surface area contributed by atoms with Crippen LogP contribution in [0.15, 0.2) is 29.1 Å². The van der Waals surface area contributed by atoms with Crippen LogP contribution < -0.4 is 0 Å². The van der Waals surface area contributed by atoms with Gasteiger partial charge in [-0.1, -0.05) is 20.4 Å². The van der Waals surface area contributed by atoms with E-state index in [0.717, 1.165) is 0 Å². The van der Waals surface area contributed by atoms with Crippen LogP contribution in [-0.2, 0) is 0 Å². The van der Waals surface area contributed by atoms with E-state index in [-0.39, 0.29) is 5.76 Å². The number of aliphatic hydroxyl groups excluding tert-OH is 1. The molecule has 2 heteroatoms. The molecule has 0 bridgehead atoms. The summed E-state index contributed by atoms with van der Waals surface area (Å²) in [5.41, 5.74) is 0.500. The second-order valence-electron chi connectivity index (χ2n) is 1.33. The zero-order chi connectivity index (χ0) is 8.57. The predicted octanol–water partition coefficient (Wildman–Crippen LogP) is 2.69. The first-order valence-electron chi connectivity index (χ1n) is 3.21. The van der Waals surface area contributed by atoms with E-state index in [1.165, 1.54) is 6.08 Å².